The molecule has 0 spiro atoms. The molecule has 26 heavy (non-hydrogen) atoms. The van der Waals surface area contributed by atoms with Crippen LogP contribution in [0.5, 0.6) is 5.75 Å². The van der Waals surface area contributed by atoms with E-state index in [1.165, 1.54) is 12.1 Å². The molecule has 0 saturated heterocycles. The number of hydrogen-bond acceptors (Lipinski definition) is 4. The molecule has 0 aliphatic carbocycles. The number of rotatable bonds is 7. The number of nitrogens with zero attached hydrogens (tertiary/aromatic N) is 3. The van der Waals surface area contributed by atoms with Gasteiger partial charge in [-0.2, -0.15) is 0 Å². The van der Waals surface area contributed by atoms with Crippen LogP contribution in [0.2, 0.25) is 5.02 Å². The fourth-order valence-electron chi connectivity index (χ4n) is 2.55. The first-order valence-electron chi connectivity index (χ1n) is 8.29. The first-order valence-corrected chi connectivity index (χ1v) is 9.65. The molecule has 7 heteroatoms. The van der Waals surface area contributed by atoms with Crippen molar-refractivity contribution >= 4 is 23.4 Å². The van der Waals surface area contributed by atoms with Crippen molar-refractivity contribution in [1.82, 2.24) is 14.8 Å². The van der Waals surface area contributed by atoms with Gasteiger partial charge in [-0.3, -0.25) is 0 Å². The molecule has 0 radical (unpaired) electrons. The zero-order valence-corrected chi connectivity index (χ0v) is 16.1. The highest BCUT2D eigenvalue weighted by atomic mass is 35.5. The Morgan fingerprint density at radius 3 is 2.65 bits per heavy atom. The molecule has 4 nitrogen and oxygen atoms in total. The zero-order chi connectivity index (χ0) is 18.5. The maximum Gasteiger partial charge on any atom is 0.191 e. The van der Waals surface area contributed by atoms with E-state index in [0.29, 0.717) is 5.75 Å². The van der Waals surface area contributed by atoms with Crippen LogP contribution < -0.4 is 4.74 Å². The van der Waals surface area contributed by atoms with Crippen LogP contribution >= 0.6 is 23.4 Å². The average molecular weight is 392 g/mol. The lowest BCUT2D eigenvalue weighted by atomic mass is 10.2. The number of hydrogen-bond donors (Lipinski definition) is 0. The number of ether oxygens (including phenoxy) is 1. The van der Waals surface area contributed by atoms with Gasteiger partial charge in [-0.05, 0) is 55.8 Å². The number of thioether (sulfide) groups is 1. The van der Waals surface area contributed by atoms with Gasteiger partial charge < -0.3 is 9.30 Å². The summed E-state index contributed by atoms with van der Waals surface area (Å²) in [6, 6.07) is 13.7. The zero-order valence-electron chi connectivity index (χ0n) is 14.5. The second kappa shape index (κ2) is 8.56. The Kier molecular flexibility index (Phi) is 6.16. The fraction of sp³-hybridized carbons (Fsp3) is 0.263. The van der Waals surface area contributed by atoms with Crippen LogP contribution in [0.3, 0.4) is 0 Å². The predicted molar refractivity (Wildman–Crippen MR) is 102 cm³/mol. The Balaban J connectivity index is 1.71. The van der Waals surface area contributed by atoms with Crippen LogP contribution in [0.15, 0.2) is 53.7 Å². The third kappa shape index (κ3) is 4.56. The van der Waals surface area contributed by atoms with Crippen LogP contribution in [0.4, 0.5) is 4.39 Å². The summed E-state index contributed by atoms with van der Waals surface area (Å²) in [5.74, 6) is 1.80. The summed E-state index contributed by atoms with van der Waals surface area (Å²) in [6.07, 6.45) is -0.298. The Labute approximate surface area is 161 Å². The van der Waals surface area contributed by atoms with E-state index in [1.54, 1.807) is 23.9 Å². The van der Waals surface area contributed by atoms with Gasteiger partial charge in [0.25, 0.3) is 0 Å². The molecular weight excluding hydrogens is 373 g/mol. The molecule has 1 unspecified atom stereocenters. The van der Waals surface area contributed by atoms with Gasteiger partial charge in [0.1, 0.15) is 11.6 Å². The van der Waals surface area contributed by atoms with Crippen molar-refractivity contribution in [1.29, 1.82) is 0 Å². The van der Waals surface area contributed by atoms with Gasteiger partial charge in [0, 0.05) is 17.3 Å². The van der Waals surface area contributed by atoms with Crippen LogP contribution in [-0.4, -0.2) is 14.8 Å². The molecule has 1 heterocycles. The molecule has 136 valence electrons. The van der Waals surface area contributed by atoms with Gasteiger partial charge in [-0.25, -0.2) is 4.39 Å². The smallest absolute Gasteiger partial charge is 0.191 e. The SMILES string of the molecule is CCn1c(SCc2cccc(Cl)c2)nnc1C(C)Oc1ccc(F)cc1. The van der Waals surface area contributed by atoms with Crippen molar-refractivity contribution in [3.8, 4) is 5.75 Å². The lowest BCUT2D eigenvalue weighted by Gasteiger charge is -2.15. The van der Waals surface area contributed by atoms with Gasteiger partial charge >= 0.3 is 0 Å². The third-order valence-corrected chi connectivity index (χ3v) is 5.08. The van der Waals surface area contributed by atoms with Crippen LogP contribution in [0, 0.1) is 5.82 Å². The van der Waals surface area contributed by atoms with E-state index in [4.69, 9.17) is 16.3 Å². The Hall–Kier alpha value is -2.05. The lowest BCUT2D eigenvalue weighted by Crippen LogP contribution is -2.12. The van der Waals surface area contributed by atoms with Crippen molar-refractivity contribution in [2.24, 2.45) is 0 Å². The molecule has 0 saturated carbocycles. The highest BCUT2D eigenvalue weighted by Crippen LogP contribution is 2.27. The summed E-state index contributed by atoms with van der Waals surface area (Å²) in [5, 5.41) is 10.2. The summed E-state index contributed by atoms with van der Waals surface area (Å²) in [4.78, 5) is 0. The minimum Gasteiger partial charge on any atom is -0.483 e. The molecule has 1 aromatic heterocycles. The molecule has 1 atom stereocenters. The standard InChI is InChI=1S/C19H19ClFN3OS/c1-3-24-18(13(2)25-17-9-7-16(21)8-10-17)22-23-19(24)26-12-14-5-4-6-15(20)11-14/h4-11,13H,3,12H2,1-2H3. The molecule has 0 N–H and O–H groups in total. The number of aromatic nitrogens is 3. The van der Waals surface area contributed by atoms with Gasteiger partial charge in [0.05, 0.1) is 0 Å². The first kappa shape index (κ1) is 18.7. The van der Waals surface area contributed by atoms with Crippen molar-refractivity contribution in [3.05, 3.63) is 70.8 Å². The molecule has 3 aromatic rings. The van der Waals surface area contributed by atoms with Gasteiger partial charge in [0.15, 0.2) is 17.1 Å². The van der Waals surface area contributed by atoms with Crippen molar-refractivity contribution in [3.63, 3.8) is 0 Å². The maximum atomic E-state index is 13.0. The minimum atomic E-state index is -0.298. The predicted octanol–water partition coefficient (Wildman–Crippen LogP) is 5.52. The lowest BCUT2D eigenvalue weighted by molar-refractivity contribution is 0.209. The van der Waals surface area contributed by atoms with Crippen LogP contribution in [0.25, 0.3) is 0 Å². The summed E-state index contributed by atoms with van der Waals surface area (Å²) in [5.41, 5.74) is 1.13. The van der Waals surface area contributed by atoms with Gasteiger partial charge in [-0.1, -0.05) is 35.5 Å². The fourth-order valence-corrected chi connectivity index (χ4v) is 3.71. The molecule has 3 rings (SSSR count). The monoisotopic (exact) mass is 391 g/mol. The highest BCUT2D eigenvalue weighted by molar-refractivity contribution is 7.98. The van der Waals surface area contributed by atoms with E-state index in [9.17, 15) is 4.39 Å². The average Bonchev–Trinajstić information content (AvgIpc) is 3.05. The second-order valence-electron chi connectivity index (χ2n) is 5.72. The van der Waals surface area contributed by atoms with E-state index < -0.39 is 0 Å². The maximum absolute atomic E-state index is 13.0. The summed E-state index contributed by atoms with van der Waals surface area (Å²) in [6.45, 7) is 4.68. The minimum absolute atomic E-state index is 0.290. The summed E-state index contributed by atoms with van der Waals surface area (Å²) < 4.78 is 20.9. The molecule has 0 amide bonds. The second-order valence-corrected chi connectivity index (χ2v) is 7.10. The molecule has 0 fully saturated rings. The van der Waals surface area contributed by atoms with E-state index >= 15 is 0 Å². The normalized spacial score (nSPS) is 12.2. The van der Waals surface area contributed by atoms with E-state index in [0.717, 1.165) is 33.9 Å². The van der Waals surface area contributed by atoms with E-state index in [-0.39, 0.29) is 11.9 Å². The van der Waals surface area contributed by atoms with Crippen molar-refractivity contribution in [2.75, 3.05) is 0 Å². The Bertz CT molecular complexity index is 869. The largest absolute Gasteiger partial charge is 0.483 e. The number of benzene rings is 2. The van der Waals surface area contributed by atoms with Crippen molar-refractivity contribution < 1.29 is 9.13 Å². The van der Waals surface area contributed by atoms with Crippen LogP contribution in [0.1, 0.15) is 31.3 Å². The van der Waals surface area contributed by atoms with Crippen LogP contribution in [-0.2, 0) is 12.3 Å². The number of halogens is 2. The molecule has 0 bridgehead atoms. The molecule has 0 aliphatic heterocycles. The Morgan fingerprint density at radius 2 is 1.96 bits per heavy atom. The topological polar surface area (TPSA) is 39.9 Å². The third-order valence-electron chi connectivity index (χ3n) is 3.81. The van der Waals surface area contributed by atoms with E-state index in [2.05, 4.69) is 10.2 Å². The quantitative estimate of drug-likeness (QED) is 0.497. The summed E-state index contributed by atoms with van der Waals surface area (Å²) in [7, 11) is 0. The van der Waals surface area contributed by atoms with Gasteiger partial charge in [0.2, 0.25) is 0 Å². The first-order chi connectivity index (χ1) is 12.6. The highest BCUT2D eigenvalue weighted by Gasteiger charge is 2.18. The molecule has 2 aromatic carbocycles. The van der Waals surface area contributed by atoms with E-state index in [1.807, 2.05) is 42.7 Å². The van der Waals surface area contributed by atoms with Gasteiger partial charge in [-0.15, -0.1) is 10.2 Å². The molecular formula is C19H19ClFN3OS. The molecule has 0 aliphatic rings. The summed E-state index contributed by atoms with van der Waals surface area (Å²) >= 11 is 7.64. The Morgan fingerprint density at radius 1 is 1.19 bits per heavy atom. The van der Waals surface area contributed by atoms with Crippen molar-refractivity contribution in [2.45, 2.75) is 37.4 Å².